The first-order chi connectivity index (χ1) is 12.0. The van der Waals surface area contributed by atoms with Gasteiger partial charge in [0, 0.05) is 23.4 Å². The molecule has 1 heterocycles. The van der Waals surface area contributed by atoms with Crippen molar-refractivity contribution in [1.29, 1.82) is 0 Å². The smallest absolute Gasteiger partial charge is 0.253 e. The topological polar surface area (TPSA) is 62.0 Å². The standard InChI is InChI=1S/C21H20N2O2/c1-14-12-15(2)23-21(25)19(14)13-22-20(24)18-10-8-17(9-11-18)16-6-4-3-5-7-16/h3-12H,13H2,1-2H3,(H,22,24)(H,23,25). The average molecular weight is 332 g/mol. The molecule has 0 unspecified atom stereocenters. The van der Waals surface area contributed by atoms with Crippen LogP contribution in [0.4, 0.5) is 0 Å². The van der Waals surface area contributed by atoms with Gasteiger partial charge in [-0.05, 0) is 48.7 Å². The quantitative estimate of drug-likeness (QED) is 0.767. The third kappa shape index (κ3) is 3.86. The molecule has 3 aromatic rings. The van der Waals surface area contributed by atoms with E-state index in [0.29, 0.717) is 11.1 Å². The van der Waals surface area contributed by atoms with Crippen molar-refractivity contribution in [2.45, 2.75) is 20.4 Å². The molecule has 0 bridgehead atoms. The molecule has 2 N–H and O–H groups in total. The second kappa shape index (κ2) is 7.18. The number of carbonyl (C=O) groups excluding carboxylic acids is 1. The molecule has 0 radical (unpaired) electrons. The molecule has 1 amide bonds. The number of rotatable bonds is 4. The molecule has 2 aromatic carbocycles. The van der Waals surface area contributed by atoms with Gasteiger partial charge in [0.2, 0.25) is 0 Å². The summed E-state index contributed by atoms with van der Waals surface area (Å²) in [6, 6.07) is 19.3. The van der Waals surface area contributed by atoms with Crippen LogP contribution in [0.5, 0.6) is 0 Å². The van der Waals surface area contributed by atoms with Gasteiger partial charge in [-0.25, -0.2) is 0 Å². The molecule has 0 atom stereocenters. The molecule has 25 heavy (non-hydrogen) atoms. The number of aromatic nitrogens is 1. The number of amides is 1. The summed E-state index contributed by atoms with van der Waals surface area (Å²) in [5.74, 6) is -0.195. The third-order valence-electron chi connectivity index (χ3n) is 4.17. The van der Waals surface area contributed by atoms with Crippen molar-refractivity contribution in [3.8, 4) is 11.1 Å². The Morgan fingerprint density at radius 3 is 2.24 bits per heavy atom. The molecule has 126 valence electrons. The number of pyridine rings is 1. The van der Waals surface area contributed by atoms with E-state index in [1.807, 2.05) is 62.4 Å². The number of H-pyrrole nitrogens is 1. The van der Waals surface area contributed by atoms with Gasteiger partial charge in [0.1, 0.15) is 0 Å². The molecular formula is C21H20N2O2. The van der Waals surface area contributed by atoms with E-state index in [-0.39, 0.29) is 18.0 Å². The normalized spacial score (nSPS) is 10.5. The molecular weight excluding hydrogens is 312 g/mol. The minimum Gasteiger partial charge on any atom is -0.348 e. The highest BCUT2D eigenvalue weighted by Crippen LogP contribution is 2.19. The van der Waals surface area contributed by atoms with Crippen molar-refractivity contribution >= 4 is 5.91 Å². The molecule has 0 aliphatic rings. The maximum absolute atomic E-state index is 12.3. The van der Waals surface area contributed by atoms with Gasteiger partial charge in [0.05, 0.1) is 0 Å². The van der Waals surface area contributed by atoms with E-state index in [1.165, 1.54) is 0 Å². The van der Waals surface area contributed by atoms with Gasteiger partial charge in [-0.3, -0.25) is 9.59 Å². The van der Waals surface area contributed by atoms with Crippen LogP contribution < -0.4 is 10.9 Å². The fourth-order valence-electron chi connectivity index (χ4n) is 2.82. The summed E-state index contributed by atoms with van der Waals surface area (Å²) in [7, 11) is 0. The predicted octanol–water partition coefficient (Wildman–Crippen LogP) is 3.59. The monoisotopic (exact) mass is 332 g/mol. The Morgan fingerprint density at radius 1 is 0.960 bits per heavy atom. The minimum absolute atomic E-state index is 0.155. The molecule has 0 aliphatic carbocycles. The van der Waals surface area contributed by atoms with Gasteiger partial charge >= 0.3 is 0 Å². The zero-order valence-electron chi connectivity index (χ0n) is 14.3. The molecule has 0 fully saturated rings. The molecule has 3 rings (SSSR count). The average Bonchev–Trinajstić information content (AvgIpc) is 2.61. The lowest BCUT2D eigenvalue weighted by molar-refractivity contribution is 0.0951. The van der Waals surface area contributed by atoms with Gasteiger partial charge < -0.3 is 10.3 Å². The molecule has 1 aromatic heterocycles. The van der Waals surface area contributed by atoms with Crippen LogP contribution in [0.2, 0.25) is 0 Å². The first-order valence-corrected chi connectivity index (χ1v) is 8.17. The maximum atomic E-state index is 12.3. The second-order valence-corrected chi connectivity index (χ2v) is 6.07. The third-order valence-corrected chi connectivity index (χ3v) is 4.17. The summed E-state index contributed by atoms with van der Waals surface area (Å²) < 4.78 is 0. The van der Waals surface area contributed by atoms with E-state index in [0.717, 1.165) is 22.4 Å². The second-order valence-electron chi connectivity index (χ2n) is 6.07. The zero-order chi connectivity index (χ0) is 17.8. The molecule has 0 saturated heterocycles. The van der Waals surface area contributed by atoms with Crippen molar-refractivity contribution < 1.29 is 4.79 Å². The fourth-order valence-corrected chi connectivity index (χ4v) is 2.82. The first-order valence-electron chi connectivity index (χ1n) is 8.17. The van der Waals surface area contributed by atoms with Gasteiger partial charge in [0.25, 0.3) is 11.5 Å². The molecule has 4 nitrogen and oxygen atoms in total. The lowest BCUT2D eigenvalue weighted by Crippen LogP contribution is -2.27. The number of carbonyl (C=O) groups is 1. The van der Waals surface area contributed by atoms with Crippen molar-refractivity contribution in [2.24, 2.45) is 0 Å². The Balaban J connectivity index is 1.71. The van der Waals surface area contributed by atoms with Crippen molar-refractivity contribution in [2.75, 3.05) is 0 Å². The van der Waals surface area contributed by atoms with Gasteiger partial charge in [-0.15, -0.1) is 0 Å². The molecule has 0 saturated carbocycles. The number of hydrogen-bond acceptors (Lipinski definition) is 2. The Hall–Kier alpha value is -3.14. The number of benzene rings is 2. The minimum atomic E-state index is -0.195. The molecule has 0 aliphatic heterocycles. The van der Waals surface area contributed by atoms with E-state index in [9.17, 15) is 9.59 Å². The first kappa shape index (κ1) is 16.7. The fraction of sp³-hybridized carbons (Fsp3) is 0.143. The largest absolute Gasteiger partial charge is 0.348 e. The Labute approximate surface area is 146 Å². The highest BCUT2D eigenvalue weighted by Gasteiger charge is 2.09. The van der Waals surface area contributed by atoms with E-state index in [1.54, 1.807) is 12.1 Å². The Morgan fingerprint density at radius 2 is 1.60 bits per heavy atom. The van der Waals surface area contributed by atoms with Gasteiger partial charge in [-0.2, -0.15) is 0 Å². The van der Waals surface area contributed by atoms with Gasteiger partial charge in [-0.1, -0.05) is 42.5 Å². The van der Waals surface area contributed by atoms with Crippen LogP contribution in [0, 0.1) is 13.8 Å². The molecule has 0 spiro atoms. The highest BCUT2D eigenvalue weighted by atomic mass is 16.1. The number of nitrogens with one attached hydrogen (secondary N) is 2. The predicted molar refractivity (Wildman–Crippen MR) is 99.6 cm³/mol. The van der Waals surface area contributed by atoms with Crippen LogP contribution in [-0.2, 0) is 6.54 Å². The van der Waals surface area contributed by atoms with Gasteiger partial charge in [0.15, 0.2) is 0 Å². The Kier molecular flexibility index (Phi) is 4.80. The van der Waals surface area contributed by atoms with E-state index < -0.39 is 0 Å². The lowest BCUT2D eigenvalue weighted by atomic mass is 10.0. The summed E-state index contributed by atoms with van der Waals surface area (Å²) in [5.41, 5.74) is 4.85. The summed E-state index contributed by atoms with van der Waals surface area (Å²) in [6.45, 7) is 3.92. The van der Waals surface area contributed by atoms with E-state index in [2.05, 4.69) is 10.3 Å². The van der Waals surface area contributed by atoms with Crippen molar-refractivity contribution in [3.63, 3.8) is 0 Å². The lowest BCUT2D eigenvalue weighted by Gasteiger charge is -2.09. The van der Waals surface area contributed by atoms with Crippen LogP contribution in [0.15, 0.2) is 65.5 Å². The van der Waals surface area contributed by atoms with Crippen LogP contribution in [0.25, 0.3) is 11.1 Å². The van der Waals surface area contributed by atoms with Crippen LogP contribution >= 0.6 is 0 Å². The van der Waals surface area contributed by atoms with Crippen LogP contribution in [-0.4, -0.2) is 10.9 Å². The summed E-state index contributed by atoms with van der Waals surface area (Å²) >= 11 is 0. The number of hydrogen-bond donors (Lipinski definition) is 2. The number of aryl methyl sites for hydroxylation is 2. The van der Waals surface area contributed by atoms with Crippen LogP contribution in [0.1, 0.15) is 27.2 Å². The van der Waals surface area contributed by atoms with Crippen molar-refractivity contribution in [1.82, 2.24) is 10.3 Å². The van der Waals surface area contributed by atoms with Crippen LogP contribution in [0.3, 0.4) is 0 Å². The zero-order valence-corrected chi connectivity index (χ0v) is 14.3. The summed E-state index contributed by atoms with van der Waals surface area (Å²) in [4.78, 5) is 27.1. The summed E-state index contributed by atoms with van der Waals surface area (Å²) in [5, 5.41) is 2.82. The maximum Gasteiger partial charge on any atom is 0.253 e. The SMILES string of the molecule is Cc1cc(C)c(CNC(=O)c2ccc(-c3ccccc3)cc2)c(=O)[nH]1. The molecule has 4 heteroatoms. The highest BCUT2D eigenvalue weighted by molar-refractivity contribution is 5.94. The summed E-state index contributed by atoms with van der Waals surface area (Å²) in [6.07, 6.45) is 0. The van der Waals surface area contributed by atoms with Crippen molar-refractivity contribution in [3.05, 3.63) is 93.4 Å². The Bertz CT molecular complexity index is 942. The van der Waals surface area contributed by atoms with E-state index in [4.69, 9.17) is 0 Å². The van der Waals surface area contributed by atoms with E-state index >= 15 is 0 Å². The number of aromatic amines is 1.